The first-order valence-electron chi connectivity index (χ1n) is 7.41. The van der Waals surface area contributed by atoms with E-state index in [0.29, 0.717) is 18.0 Å². The molecule has 0 radical (unpaired) electrons. The van der Waals surface area contributed by atoms with Gasteiger partial charge in [-0.15, -0.1) is 11.3 Å². The van der Waals surface area contributed by atoms with Crippen LogP contribution in [0, 0.1) is 0 Å². The number of carbonyl (C=O) groups excluding carboxylic acids is 1. The minimum Gasteiger partial charge on any atom is -0.397 e. The molecule has 1 aromatic carbocycles. The summed E-state index contributed by atoms with van der Waals surface area (Å²) < 4.78 is 0. The van der Waals surface area contributed by atoms with Gasteiger partial charge in [-0.25, -0.2) is 0 Å². The molecule has 0 amide bonds. The summed E-state index contributed by atoms with van der Waals surface area (Å²) in [5, 5.41) is 1.13. The Hall–Kier alpha value is -1.81. The molecule has 1 aliphatic heterocycles. The Kier molecular flexibility index (Phi) is 3.97. The van der Waals surface area contributed by atoms with Gasteiger partial charge in [-0.2, -0.15) is 0 Å². The summed E-state index contributed by atoms with van der Waals surface area (Å²) in [6, 6.07) is 12.6. The number of nitrogen functional groups attached to an aromatic ring is 1. The number of hydrogen-bond acceptors (Lipinski definition) is 4. The number of ketones is 1. The Morgan fingerprint density at radius 3 is 2.86 bits per heavy atom. The van der Waals surface area contributed by atoms with E-state index >= 15 is 0 Å². The van der Waals surface area contributed by atoms with E-state index in [9.17, 15) is 4.79 Å². The van der Waals surface area contributed by atoms with Crippen LogP contribution >= 0.6 is 11.3 Å². The summed E-state index contributed by atoms with van der Waals surface area (Å²) in [4.78, 5) is 14.9. The normalized spacial score (nSPS) is 18.1. The number of nitrogens with two attached hydrogens (primary N) is 1. The van der Waals surface area contributed by atoms with Gasteiger partial charge >= 0.3 is 0 Å². The molecule has 3 nitrogen and oxygen atoms in total. The van der Waals surface area contributed by atoms with Crippen molar-refractivity contribution in [3.05, 3.63) is 46.8 Å². The topological polar surface area (TPSA) is 46.3 Å². The third kappa shape index (κ3) is 2.81. The van der Waals surface area contributed by atoms with Crippen LogP contribution in [0.3, 0.4) is 0 Å². The Labute approximate surface area is 129 Å². The number of anilines is 2. The van der Waals surface area contributed by atoms with Crippen molar-refractivity contribution < 1.29 is 4.79 Å². The predicted molar refractivity (Wildman–Crippen MR) is 89.4 cm³/mol. The lowest BCUT2D eigenvalue weighted by Crippen LogP contribution is -2.17. The summed E-state index contributed by atoms with van der Waals surface area (Å²) in [5.41, 5.74) is 8.02. The first kappa shape index (κ1) is 14.1. The maximum atomic E-state index is 11.9. The van der Waals surface area contributed by atoms with Crippen molar-refractivity contribution in [2.24, 2.45) is 0 Å². The second-order valence-electron chi connectivity index (χ2n) is 5.49. The fraction of sp³-hybridized carbons (Fsp3) is 0.353. The third-order valence-electron chi connectivity index (χ3n) is 4.09. The summed E-state index contributed by atoms with van der Waals surface area (Å²) >= 11 is 1.54. The van der Waals surface area contributed by atoms with Crippen LogP contribution in [0.15, 0.2) is 36.4 Å². The van der Waals surface area contributed by atoms with Crippen LogP contribution in [0.4, 0.5) is 10.7 Å². The maximum absolute atomic E-state index is 11.9. The average Bonchev–Trinajstić information content (AvgIpc) is 3.14. The van der Waals surface area contributed by atoms with Crippen molar-refractivity contribution in [2.75, 3.05) is 23.7 Å². The zero-order valence-corrected chi connectivity index (χ0v) is 13.0. The van der Waals surface area contributed by atoms with Crippen molar-refractivity contribution in [1.29, 1.82) is 0 Å². The molecule has 0 bridgehead atoms. The lowest BCUT2D eigenvalue weighted by Gasteiger charge is -2.16. The Balaban J connectivity index is 1.76. The number of carbonyl (C=O) groups is 1. The molecule has 1 fully saturated rings. The van der Waals surface area contributed by atoms with Crippen LogP contribution in [-0.4, -0.2) is 18.9 Å². The molecule has 1 atom stereocenters. The van der Waals surface area contributed by atoms with E-state index in [1.807, 2.05) is 13.0 Å². The molecule has 110 valence electrons. The average molecular weight is 300 g/mol. The molecule has 0 spiro atoms. The predicted octanol–water partition coefficient (Wildman–Crippen LogP) is 3.92. The van der Waals surface area contributed by atoms with Crippen LogP contribution in [0.25, 0.3) is 0 Å². The molecule has 1 aliphatic rings. The van der Waals surface area contributed by atoms with Crippen LogP contribution in [0.5, 0.6) is 0 Å². The number of benzene rings is 1. The fourth-order valence-electron chi connectivity index (χ4n) is 2.88. The zero-order valence-electron chi connectivity index (χ0n) is 12.2. The minimum atomic E-state index is 0.141. The first-order chi connectivity index (χ1) is 10.2. The monoisotopic (exact) mass is 300 g/mol. The largest absolute Gasteiger partial charge is 0.397 e. The van der Waals surface area contributed by atoms with E-state index in [0.717, 1.165) is 29.4 Å². The lowest BCUT2D eigenvalue weighted by atomic mass is 9.99. The van der Waals surface area contributed by atoms with Gasteiger partial charge in [-0.3, -0.25) is 4.79 Å². The van der Waals surface area contributed by atoms with Gasteiger partial charge in [-0.05, 0) is 18.1 Å². The smallest absolute Gasteiger partial charge is 0.174 e. The molecular weight excluding hydrogens is 280 g/mol. The number of nitrogens with zero attached hydrogens (tertiary/aromatic N) is 1. The Morgan fingerprint density at radius 2 is 2.14 bits per heavy atom. The highest BCUT2D eigenvalue weighted by molar-refractivity contribution is 7.18. The van der Waals surface area contributed by atoms with Crippen molar-refractivity contribution in [2.45, 2.75) is 25.7 Å². The standard InChI is InChI=1S/C17H20N2OS/c1-2-15(20)17-14(18)10-16(21-17)19-9-8-13(11-19)12-6-4-3-5-7-12/h3-7,10,13H,2,8-9,11,18H2,1H3. The van der Waals surface area contributed by atoms with Crippen molar-refractivity contribution in [3.8, 4) is 0 Å². The fourth-order valence-corrected chi connectivity index (χ4v) is 4.01. The molecule has 1 unspecified atom stereocenters. The molecular formula is C17H20N2OS. The SMILES string of the molecule is CCC(=O)c1sc(N2CCC(c3ccccc3)C2)cc1N. The number of Topliss-reactive ketones (excluding diaryl/α,β-unsaturated/α-hetero) is 1. The Morgan fingerprint density at radius 1 is 1.38 bits per heavy atom. The maximum Gasteiger partial charge on any atom is 0.174 e. The van der Waals surface area contributed by atoms with Crippen LogP contribution < -0.4 is 10.6 Å². The van der Waals surface area contributed by atoms with E-state index in [2.05, 4.69) is 35.2 Å². The van der Waals surface area contributed by atoms with Gasteiger partial charge in [0, 0.05) is 25.4 Å². The molecule has 21 heavy (non-hydrogen) atoms. The second-order valence-corrected chi connectivity index (χ2v) is 6.52. The summed E-state index contributed by atoms with van der Waals surface area (Å²) in [7, 11) is 0. The molecule has 2 aromatic rings. The number of hydrogen-bond donors (Lipinski definition) is 1. The van der Waals surface area contributed by atoms with E-state index in [1.54, 1.807) is 0 Å². The molecule has 0 saturated carbocycles. The highest BCUT2D eigenvalue weighted by Crippen LogP contribution is 2.37. The summed E-state index contributed by atoms with van der Waals surface area (Å²) in [6.45, 7) is 3.91. The van der Waals surface area contributed by atoms with E-state index in [-0.39, 0.29) is 5.78 Å². The van der Waals surface area contributed by atoms with Gasteiger partial charge in [-0.1, -0.05) is 37.3 Å². The molecule has 0 aliphatic carbocycles. The number of rotatable bonds is 4. The van der Waals surface area contributed by atoms with Gasteiger partial charge in [0.25, 0.3) is 0 Å². The number of thiophene rings is 1. The highest BCUT2D eigenvalue weighted by Gasteiger charge is 2.26. The molecule has 2 N–H and O–H groups in total. The molecule has 2 heterocycles. The van der Waals surface area contributed by atoms with E-state index in [4.69, 9.17) is 5.73 Å². The van der Waals surface area contributed by atoms with Gasteiger partial charge in [0.15, 0.2) is 5.78 Å². The van der Waals surface area contributed by atoms with Crippen LogP contribution in [-0.2, 0) is 0 Å². The van der Waals surface area contributed by atoms with Gasteiger partial charge in [0.1, 0.15) is 0 Å². The summed E-state index contributed by atoms with van der Waals surface area (Å²) in [6.07, 6.45) is 1.66. The van der Waals surface area contributed by atoms with Crippen LogP contribution in [0.1, 0.15) is 40.9 Å². The highest BCUT2D eigenvalue weighted by atomic mass is 32.1. The van der Waals surface area contributed by atoms with Crippen molar-refractivity contribution in [3.63, 3.8) is 0 Å². The third-order valence-corrected chi connectivity index (χ3v) is 5.35. The van der Waals surface area contributed by atoms with E-state index in [1.165, 1.54) is 16.9 Å². The van der Waals surface area contributed by atoms with Gasteiger partial charge < -0.3 is 10.6 Å². The Bertz CT molecular complexity index is 635. The van der Waals surface area contributed by atoms with Gasteiger partial charge in [0.05, 0.1) is 15.6 Å². The quantitative estimate of drug-likeness (QED) is 0.871. The van der Waals surface area contributed by atoms with E-state index < -0.39 is 0 Å². The van der Waals surface area contributed by atoms with Crippen molar-refractivity contribution >= 4 is 27.8 Å². The second kappa shape index (κ2) is 5.90. The molecule has 3 rings (SSSR count). The molecule has 1 saturated heterocycles. The molecule has 1 aromatic heterocycles. The minimum absolute atomic E-state index is 0.141. The van der Waals surface area contributed by atoms with Crippen molar-refractivity contribution in [1.82, 2.24) is 0 Å². The van der Waals surface area contributed by atoms with Crippen LogP contribution in [0.2, 0.25) is 0 Å². The molecule has 4 heteroatoms. The lowest BCUT2D eigenvalue weighted by molar-refractivity contribution is 0.0993. The zero-order chi connectivity index (χ0) is 14.8. The summed E-state index contributed by atoms with van der Waals surface area (Å²) in [5.74, 6) is 0.711. The first-order valence-corrected chi connectivity index (χ1v) is 8.23. The van der Waals surface area contributed by atoms with Gasteiger partial charge in [0.2, 0.25) is 0 Å².